The van der Waals surface area contributed by atoms with Crippen molar-refractivity contribution < 1.29 is 57.2 Å². The van der Waals surface area contributed by atoms with Gasteiger partial charge in [0.1, 0.15) is 48.8 Å². The molecule has 0 aliphatic carbocycles. The van der Waals surface area contributed by atoms with E-state index in [4.69, 9.17) is 52.1 Å². The number of benzene rings is 7. The van der Waals surface area contributed by atoms with Gasteiger partial charge in [-0.15, -0.1) is 0 Å². The van der Waals surface area contributed by atoms with Crippen LogP contribution in [0.5, 0.6) is 0 Å². The Morgan fingerprint density at radius 1 is 0.280 bits per heavy atom. The molecule has 0 unspecified atom stereocenters. The van der Waals surface area contributed by atoms with Crippen molar-refractivity contribution in [1.82, 2.24) is 0 Å². The zero-order chi connectivity index (χ0) is 51.1. The minimum Gasteiger partial charge on any atom is -0.394 e. The summed E-state index contributed by atoms with van der Waals surface area (Å²) in [6.07, 6.45) is -8.09. The summed E-state index contributed by atoms with van der Waals surface area (Å²) in [6, 6.07) is 69.9. The van der Waals surface area contributed by atoms with E-state index in [2.05, 4.69) is 0 Å². The molecule has 392 valence electrons. The van der Waals surface area contributed by atoms with Crippen molar-refractivity contribution in [2.24, 2.45) is 0 Å². The predicted octanol–water partition coefficient (Wildman–Crippen LogP) is 10.2. The molecule has 1 N–H and O–H groups in total. The second-order valence-electron chi connectivity index (χ2n) is 18.6. The van der Waals surface area contributed by atoms with Crippen LogP contribution >= 0.6 is 0 Å². The fraction of sp³-hybridized carbons (Fsp3) is 0.333. The van der Waals surface area contributed by atoms with Gasteiger partial charge in [0.15, 0.2) is 12.6 Å². The Kier molecular flexibility index (Phi) is 21.1. The number of hydrogen-bond donors (Lipinski definition) is 1. The quantitative estimate of drug-likeness (QED) is 0.0503. The smallest absolute Gasteiger partial charge is 0.187 e. The van der Waals surface area contributed by atoms with Crippen molar-refractivity contribution in [3.63, 3.8) is 0 Å². The zero-order valence-electron chi connectivity index (χ0n) is 42.2. The summed E-state index contributed by atoms with van der Waals surface area (Å²) in [5.41, 5.74) is 6.84. The van der Waals surface area contributed by atoms with Gasteiger partial charge in [0.05, 0.1) is 72.7 Å². The van der Waals surface area contributed by atoms with Crippen molar-refractivity contribution in [2.75, 3.05) is 26.4 Å². The molecule has 0 bridgehead atoms. The minimum atomic E-state index is -1.04. The summed E-state index contributed by atoms with van der Waals surface area (Å²) in [5.74, 6) is 0. The molecule has 0 radical (unpaired) electrons. The van der Waals surface area contributed by atoms with Crippen molar-refractivity contribution in [3.05, 3.63) is 251 Å². The fourth-order valence-electron chi connectivity index (χ4n) is 9.25. The SMILES string of the molecule is OCCO[C@H]1O[C@H](CO[C@H]2O[C@H](COCc3ccccc3)[C@@H](OCc3ccccc3)[C@H](OCc3ccccc3)[C@@H]2OCc2ccccc2)[C@@H](OCc2ccccc2)[C@H](OCc2ccccc2)[C@@H]1OCc1ccccc1. The van der Waals surface area contributed by atoms with Crippen LogP contribution in [0.25, 0.3) is 0 Å². The summed E-state index contributed by atoms with van der Waals surface area (Å²) < 4.78 is 75.5. The molecular weight excluding hydrogens is 949 g/mol. The van der Waals surface area contributed by atoms with E-state index in [0.717, 1.165) is 38.9 Å². The average Bonchev–Trinajstić information content (AvgIpc) is 3.47. The monoisotopic (exact) mass is 1020 g/mol. The normalized spacial score (nSPS) is 23.7. The summed E-state index contributed by atoms with van der Waals surface area (Å²) >= 11 is 0. The molecule has 75 heavy (non-hydrogen) atoms. The molecule has 12 nitrogen and oxygen atoms in total. The van der Waals surface area contributed by atoms with Crippen LogP contribution < -0.4 is 0 Å². The summed E-state index contributed by atoms with van der Waals surface area (Å²) in [6.45, 7) is 1.71. The number of aliphatic hydroxyl groups excluding tert-OH is 1. The van der Waals surface area contributed by atoms with Gasteiger partial charge in [0, 0.05) is 0 Å². The molecule has 0 saturated carbocycles. The van der Waals surface area contributed by atoms with Gasteiger partial charge in [-0.1, -0.05) is 212 Å². The van der Waals surface area contributed by atoms with E-state index in [-0.39, 0.29) is 66.1 Å². The number of aliphatic hydroxyl groups is 1. The molecule has 2 saturated heterocycles. The first-order valence-electron chi connectivity index (χ1n) is 25.9. The Morgan fingerprint density at radius 3 is 0.867 bits per heavy atom. The molecule has 7 aromatic carbocycles. The average molecular weight is 1020 g/mol. The first kappa shape index (κ1) is 53.9. The molecule has 2 aliphatic rings. The largest absolute Gasteiger partial charge is 0.394 e. The van der Waals surface area contributed by atoms with Gasteiger partial charge in [-0.25, -0.2) is 0 Å². The Labute approximate surface area is 440 Å². The maximum atomic E-state index is 10.1. The van der Waals surface area contributed by atoms with Crippen molar-refractivity contribution >= 4 is 0 Å². The van der Waals surface area contributed by atoms with Crippen LogP contribution in [0.4, 0.5) is 0 Å². The van der Waals surface area contributed by atoms with Crippen molar-refractivity contribution in [3.8, 4) is 0 Å². The standard InChI is InChI=1S/C63H68O12/c64-36-37-66-62-60(71-43-52-32-18-6-19-33-52)59(70-42-51-30-16-5-17-31-51)57(68-40-49-26-12-3-13-27-49)55(75-62)46-73-63-61(72-44-53-34-20-7-21-35-53)58(69-41-50-28-14-4-15-29-50)56(67-39-48-24-10-2-11-25-48)54(74-63)45-65-38-47-22-8-1-9-23-47/h1-35,54-64H,36-46H2/t54-,55-,56-,57-,58+,59+,60+,61+,62+,63+/m1/s1. The summed E-state index contributed by atoms with van der Waals surface area (Å²) in [7, 11) is 0. The first-order valence-corrected chi connectivity index (χ1v) is 25.9. The third-order valence-electron chi connectivity index (χ3n) is 13.1. The molecule has 2 aliphatic heterocycles. The topological polar surface area (TPSA) is 122 Å². The maximum absolute atomic E-state index is 10.1. The Morgan fingerprint density at radius 2 is 0.547 bits per heavy atom. The second-order valence-corrected chi connectivity index (χ2v) is 18.6. The van der Waals surface area contributed by atoms with E-state index in [9.17, 15) is 5.11 Å². The van der Waals surface area contributed by atoms with Crippen LogP contribution in [-0.2, 0) is 98.4 Å². The molecule has 2 fully saturated rings. The number of hydrogen-bond acceptors (Lipinski definition) is 12. The van der Waals surface area contributed by atoms with E-state index in [1.807, 2.05) is 212 Å². The molecule has 0 amide bonds. The van der Waals surface area contributed by atoms with Crippen molar-refractivity contribution in [1.29, 1.82) is 0 Å². The van der Waals surface area contributed by atoms with E-state index in [1.54, 1.807) is 0 Å². The lowest BCUT2D eigenvalue weighted by molar-refractivity contribution is -0.353. The number of rotatable bonds is 28. The molecule has 2 heterocycles. The van der Waals surface area contributed by atoms with E-state index in [1.165, 1.54) is 0 Å². The lowest BCUT2D eigenvalue weighted by atomic mass is 9.96. The van der Waals surface area contributed by atoms with Crippen LogP contribution in [0, 0.1) is 0 Å². The highest BCUT2D eigenvalue weighted by molar-refractivity contribution is 5.19. The molecule has 7 aromatic rings. The van der Waals surface area contributed by atoms with Crippen LogP contribution in [0.1, 0.15) is 38.9 Å². The molecule has 12 heteroatoms. The molecule has 0 aromatic heterocycles. The predicted molar refractivity (Wildman–Crippen MR) is 283 cm³/mol. The van der Waals surface area contributed by atoms with Gasteiger partial charge in [-0.05, 0) is 38.9 Å². The maximum Gasteiger partial charge on any atom is 0.187 e. The van der Waals surface area contributed by atoms with Gasteiger partial charge in [-0.3, -0.25) is 0 Å². The molecule has 0 spiro atoms. The lowest BCUT2D eigenvalue weighted by Gasteiger charge is -2.48. The third-order valence-corrected chi connectivity index (χ3v) is 13.1. The Hall–Kier alpha value is -5.94. The molecule has 10 atom stereocenters. The molecule has 9 rings (SSSR count). The highest BCUT2D eigenvalue weighted by Gasteiger charge is 2.52. The highest BCUT2D eigenvalue weighted by Crippen LogP contribution is 2.35. The van der Waals surface area contributed by atoms with E-state index >= 15 is 0 Å². The first-order chi connectivity index (χ1) is 37.2. The van der Waals surface area contributed by atoms with Gasteiger partial charge in [-0.2, -0.15) is 0 Å². The minimum absolute atomic E-state index is 0.0129. The highest BCUT2D eigenvalue weighted by atomic mass is 16.8. The fourth-order valence-corrected chi connectivity index (χ4v) is 9.25. The molecular formula is C63H68O12. The van der Waals surface area contributed by atoms with Crippen LogP contribution in [0.2, 0.25) is 0 Å². The van der Waals surface area contributed by atoms with Crippen molar-refractivity contribution in [2.45, 2.75) is 108 Å². The van der Waals surface area contributed by atoms with Crippen LogP contribution in [0.15, 0.2) is 212 Å². The Balaban J connectivity index is 1.06. The van der Waals surface area contributed by atoms with Gasteiger partial charge < -0.3 is 57.2 Å². The second kappa shape index (κ2) is 29.4. The Bertz CT molecular complexity index is 2600. The third kappa shape index (κ3) is 16.3. The number of ether oxygens (including phenoxy) is 11. The van der Waals surface area contributed by atoms with Gasteiger partial charge in [0.25, 0.3) is 0 Å². The van der Waals surface area contributed by atoms with Crippen LogP contribution in [-0.4, -0.2) is 92.9 Å². The summed E-state index contributed by atoms with van der Waals surface area (Å²) in [4.78, 5) is 0. The van der Waals surface area contributed by atoms with E-state index in [0.29, 0.717) is 6.61 Å². The summed E-state index contributed by atoms with van der Waals surface area (Å²) in [5, 5.41) is 10.1. The van der Waals surface area contributed by atoms with E-state index < -0.39 is 61.4 Å². The van der Waals surface area contributed by atoms with Gasteiger partial charge >= 0.3 is 0 Å². The lowest BCUT2D eigenvalue weighted by Crippen LogP contribution is -2.64. The van der Waals surface area contributed by atoms with Gasteiger partial charge in [0.2, 0.25) is 0 Å². The zero-order valence-corrected chi connectivity index (χ0v) is 42.2. The van der Waals surface area contributed by atoms with Crippen LogP contribution in [0.3, 0.4) is 0 Å².